The van der Waals surface area contributed by atoms with E-state index >= 15 is 0 Å². The Morgan fingerprint density at radius 3 is 0.853 bits per heavy atom. The third-order valence-electron chi connectivity index (χ3n) is 12.6. The van der Waals surface area contributed by atoms with Gasteiger partial charge in [-0.2, -0.15) is 0 Å². The van der Waals surface area contributed by atoms with E-state index in [0.717, 1.165) is 128 Å². The van der Waals surface area contributed by atoms with Crippen molar-refractivity contribution in [3.05, 3.63) is 134 Å². The monoisotopic (exact) mass is 1040 g/mol. The smallest absolute Gasteiger partial charge is 0.306 e. The minimum atomic E-state index is -0.810. The Labute approximate surface area is 462 Å². The lowest BCUT2D eigenvalue weighted by atomic mass is 10.0. The lowest BCUT2D eigenvalue weighted by molar-refractivity contribution is -0.167. The number of esters is 3. The summed E-state index contributed by atoms with van der Waals surface area (Å²) in [6.45, 7) is 6.33. The minimum absolute atomic E-state index is 0.103. The standard InChI is InChI=1S/C69H112O6/c1-4-7-10-13-16-19-22-24-26-28-30-32-33-34-35-37-38-40-42-44-47-50-53-56-59-62-68(71)74-65-66(64-73-67(70)61-58-55-52-49-46-21-18-15-12-9-6-3)75-69(72)63-60-57-54-51-48-45-43-41-39-36-31-29-27-25-23-20-17-14-11-8-5-2/h7-8,10-11,15-20,24-27,30-32,36,41,43,48,51,66H,4-6,9,12-14,21-23,28-29,33-35,37-40,42,44-47,49-50,52-65H2,1-3H3/b10-7-,11-8-,18-15-,19-16-,20-17-,26-24-,27-25-,32-30-,36-31-,43-41-,51-48-. The van der Waals surface area contributed by atoms with E-state index in [2.05, 4.69) is 154 Å². The van der Waals surface area contributed by atoms with Crippen LogP contribution in [0.1, 0.15) is 265 Å². The van der Waals surface area contributed by atoms with Crippen molar-refractivity contribution in [2.75, 3.05) is 13.2 Å². The second kappa shape index (κ2) is 62.1. The zero-order valence-electron chi connectivity index (χ0n) is 48.5. The van der Waals surface area contributed by atoms with Crippen LogP contribution in [-0.4, -0.2) is 37.2 Å². The molecule has 0 saturated carbocycles. The molecular formula is C69H112O6. The third-order valence-corrected chi connectivity index (χ3v) is 12.6. The highest BCUT2D eigenvalue weighted by atomic mass is 16.6. The third kappa shape index (κ3) is 60.3. The number of rotatable bonds is 54. The van der Waals surface area contributed by atoms with E-state index in [9.17, 15) is 14.4 Å². The van der Waals surface area contributed by atoms with Crippen molar-refractivity contribution in [1.29, 1.82) is 0 Å². The Kier molecular flexibility index (Phi) is 58.4. The van der Waals surface area contributed by atoms with Crippen molar-refractivity contribution in [1.82, 2.24) is 0 Å². The predicted molar refractivity (Wildman–Crippen MR) is 325 cm³/mol. The average molecular weight is 1040 g/mol. The van der Waals surface area contributed by atoms with Gasteiger partial charge in [-0.25, -0.2) is 0 Å². The number of carbonyl (C=O) groups is 3. The molecule has 6 nitrogen and oxygen atoms in total. The van der Waals surface area contributed by atoms with E-state index in [0.29, 0.717) is 19.3 Å². The molecule has 424 valence electrons. The predicted octanol–water partition coefficient (Wildman–Crippen LogP) is 21.0. The van der Waals surface area contributed by atoms with Crippen molar-refractivity contribution in [2.24, 2.45) is 0 Å². The molecule has 6 heteroatoms. The summed E-state index contributed by atoms with van der Waals surface area (Å²) in [6, 6.07) is 0. The summed E-state index contributed by atoms with van der Waals surface area (Å²) in [7, 11) is 0. The molecular weight excluding hydrogens is 925 g/mol. The van der Waals surface area contributed by atoms with Crippen molar-refractivity contribution in [2.45, 2.75) is 271 Å². The van der Waals surface area contributed by atoms with Crippen molar-refractivity contribution >= 4 is 17.9 Å². The molecule has 0 fully saturated rings. The van der Waals surface area contributed by atoms with Crippen LogP contribution in [0.25, 0.3) is 0 Å². The minimum Gasteiger partial charge on any atom is -0.462 e. The van der Waals surface area contributed by atoms with Gasteiger partial charge in [-0.1, -0.05) is 251 Å². The van der Waals surface area contributed by atoms with Gasteiger partial charge in [-0.3, -0.25) is 14.4 Å². The van der Waals surface area contributed by atoms with Gasteiger partial charge in [0, 0.05) is 19.3 Å². The Morgan fingerprint density at radius 2 is 0.520 bits per heavy atom. The van der Waals surface area contributed by atoms with E-state index in [1.807, 2.05) is 0 Å². The number of hydrogen-bond acceptors (Lipinski definition) is 6. The molecule has 0 aromatic heterocycles. The first-order valence-corrected chi connectivity index (χ1v) is 30.7. The first-order valence-electron chi connectivity index (χ1n) is 30.7. The summed E-state index contributed by atoms with van der Waals surface area (Å²) in [5, 5.41) is 0. The molecule has 0 N–H and O–H groups in total. The fraction of sp³-hybridized carbons (Fsp3) is 0.638. The SMILES string of the molecule is CC/C=C\C/C=C\C/C=C\C/C=C\C/C=C\C/C=C\CCCCC(=O)OC(COC(=O)CCCCCCC/C=C\CCCC)COC(=O)CCCCCCCCCCCCCC/C=C\C/C=C\C/C=C\C/C=C\CC. The van der Waals surface area contributed by atoms with Gasteiger partial charge in [0.05, 0.1) is 0 Å². The van der Waals surface area contributed by atoms with E-state index < -0.39 is 6.10 Å². The molecule has 0 saturated heterocycles. The molecule has 1 atom stereocenters. The van der Waals surface area contributed by atoms with Gasteiger partial charge < -0.3 is 14.2 Å². The molecule has 0 bridgehead atoms. The summed E-state index contributed by atoms with van der Waals surface area (Å²) < 4.78 is 16.8. The lowest BCUT2D eigenvalue weighted by Crippen LogP contribution is -2.30. The van der Waals surface area contributed by atoms with Crippen LogP contribution >= 0.6 is 0 Å². The molecule has 0 amide bonds. The number of carbonyl (C=O) groups excluding carboxylic acids is 3. The van der Waals surface area contributed by atoms with Crippen LogP contribution in [-0.2, 0) is 28.6 Å². The number of ether oxygens (including phenoxy) is 3. The molecule has 0 aromatic rings. The van der Waals surface area contributed by atoms with Gasteiger partial charge >= 0.3 is 17.9 Å². The molecule has 0 aliphatic rings. The maximum absolute atomic E-state index is 12.9. The van der Waals surface area contributed by atoms with E-state index in [-0.39, 0.29) is 37.5 Å². The highest BCUT2D eigenvalue weighted by Crippen LogP contribution is 2.15. The number of unbranched alkanes of at least 4 members (excludes halogenated alkanes) is 21. The zero-order chi connectivity index (χ0) is 54.3. The molecule has 0 heterocycles. The molecule has 0 aliphatic carbocycles. The van der Waals surface area contributed by atoms with Gasteiger partial charge in [-0.05, 0) is 128 Å². The normalized spacial score (nSPS) is 13.1. The Morgan fingerprint density at radius 1 is 0.280 bits per heavy atom. The molecule has 0 radical (unpaired) electrons. The highest BCUT2D eigenvalue weighted by Gasteiger charge is 2.19. The Balaban J connectivity index is 4.38. The largest absolute Gasteiger partial charge is 0.462 e. The fourth-order valence-corrected chi connectivity index (χ4v) is 8.06. The van der Waals surface area contributed by atoms with E-state index in [4.69, 9.17) is 14.2 Å². The van der Waals surface area contributed by atoms with Crippen LogP contribution < -0.4 is 0 Å². The molecule has 75 heavy (non-hydrogen) atoms. The van der Waals surface area contributed by atoms with Gasteiger partial charge in [0.15, 0.2) is 6.10 Å². The first-order chi connectivity index (χ1) is 37.0. The summed E-state index contributed by atoms with van der Waals surface area (Å²) in [5.74, 6) is -0.959. The van der Waals surface area contributed by atoms with Crippen LogP contribution in [0.3, 0.4) is 0 Å². The molecule has 0 rings (SSSR count). The maximum Gasteiger partial charge on any atom is 0.306 e. The van der Waals surface area contributed by atoms with Gasteiger partial charge in [0.25, 0.3) is 0 Å². The quantitative estimate of drug-likeness (QED) is 0.0261. The van der Waals surface area contributed by atoms with Crippen LogP contribution in [0.15, 0.2) is 134 Å². The lowest BCUT2D eigenvalue weighted by Gasteiger charge is -2.18. The number of hydrogen-bond donors (Lipinski definition) is 0. The summed E-state index contributed by atoms with van der Waals surface area (Å²) in [6.07, 6.45) is 87.4. The zero-order valence-corrected chi connectivity index (χ0v) is 48.5. The van der Waals surface area contributed by atoms with E-state index in [1.54, 1.807) is 0 Å². The van der Waals surface area contributed by atoms with Crippen LogP contribution in [0.2, 0.25) is 0 Å². The maximum atomic E-state index is 12.9. The summed E-state index contributed by atoms with van der Waals surface area (Å²) in [4.78, 5) is 38.2. The van der Waals surface area contributed by atoms with Crippen LogP contribution in [0.5, 0.6) is 0 Å². The summed E-state index contributed by atoms with van der Waals surface area (Å²) in [5.41, 5.74) is 0. The Bertz CT molecular complexity index is 1620. The second-order valence-corrected chi connectivity index (χ2v) is 19.8. The van der Waals surface area contributed by atoms with Crippen molar-refractivity contribution in [3.8, 4) is 0 Å². The Hall–Kier alpha value is -4.45. The summed E-state index contributed by atoms with van der Waals surface area (Å²) >= 11 is 0. The molecule has 1 unspecified atom stereocenters. The number of allylic oxidation sites excluding steroid dienone is 22. The first kappa shape index (κ1) is 70.5. The van der Waals surface area contributed by atoms with Crippen molar-refractivity contribution in [3.63, 3.8) is 0 Å². The second-order valence-electron chi connectivity index (χ2n) is 19.8. The topological polar surface area (TPSA) is 78.9 Å². The highest BCUT2D eigenvalue weighted by molar-refractivity contribution is 5.71. The van der Waals surface area contributed by atoms with Gasteiger partial charge in [0.2, 0.25) is 0 Å². The molecule has 0 spiro atoms. The van der Waals surface area contributed by atoms with Gasteiger partial charge in [-0.15, -0.1) is 0 Å². The molecule has 0 aromatic carbocycles. The average Bonchev–Trinajstić information content (AvgIpc) is 3.41. The molecule has 0 aliphatic heterocycles. The van der Waals surface area contributed by atoms with Crippen molar-refractivity contribution < 1.29 is 28.6 Å². The van der Waals surface area contributed by atoms with Gasteiger partial charge in [0.1, 0.15) is 13.2 Å². The fourth-order valence-electron chi connectivity index (χ4n) is 8.06. The van der Waals surface area contributed by atoms with Crippen LogP contribution in [0.4, 0.5) is 0 Å². The van der Waals surface area contributed by atoms with Crippen LogP contribution in [0, 0.1) is 0 Å². The van der Waals surface area contributed by atoms with E-state index in [1.165, 1.54) is 89.9 Å².